The smallest absolute Gasteiger partial charge is 0.407 e. The molecule has 10 heteroatoms. The van der Waals surface area contributed by atoms with Gasteiger partial charge < -0.3 is 9.73 Å². The molecule has 2 aromatic heterocycles. The lowest BCUT2D eigenvalue weighted by Gasteiger charge is -2.04. The molecule has 0 aliphatic rings. The van der Waals surface area contributed by atoms with Crippen LogP contribution in [0.5, 0.6) is 0 Å². The van der Waals surface area contributed by atoms with Gasteiger partial charge in [-0.15, -0.1) is 0 Å². The SMILES string of the molecule is O=C(CCCn1c(=O)oc2cc([N+](=O)[O-])ccc21)Nc1ccn(-c2ccccc2)n1. The molecule has 0 spiro atoms. The van der Waals surface area contributed by atoms with Gasteiger partial charge in [-0.05, 0) is 24.6 Å². The summed E-state index contributed by atoms with van der Waals surface area (Å²) in [5.41, 5.74) is 1.32. The number of nitrogens with one attached hydrogen (secondary N) is 1. The normalized spacial score (nSPS) is 10.9. The molecule has 30 heavy (non-hydrogen) atoms. The van der Waals surface area contributed by atoms with Gasteiger partial charge in [-0.25, -0.2) is 9.48 Å². The Labute approximate surface area is 169 Å². The van der Waals surface area contributed by atoms with E-state index in [1.165, 1.54) is 22.8 Å². The molecular weight excluding hydrogens is 390 g/mol. The molecule has 0 radical (unpaired) electrons. The number of non-ortho nitro benzene ring substituents is 1. The number of oxazole rings is 1. The number of rotatable bonds is 7. The number of nitro benzene ring substituents is 1. The minimum absolute atomic E-state index is 0.144. The minimum Gasteiger partial charge on any atom is -0.407 e. The molecule has 152 valence electrons. The fourth-order valence-corrected chi connectivity index (χ4v) is 3.10. The zero-order chi connectivity index (χ0) is 21.1. The van der Waals surface area contributed by atoms with Gasteiger partial charge in [0.25, 0.3) is 5.69 Å². The minimum atomic E-state index is -0.618. The molecule has 0 bridgehead atoms. The number of anilines is 1. The largest absolute Gasteiger partial charge is 0.419 e. The first-order chi connectivity index (χ1) is 14.5. The monoisotopic (exact) mass is 407 g/mol. The van der Waals surface area contributed by atoms with Crippen molar-refractivity contribution in [2.75, 3.05) is 5.32 Å². The number of aromatic nitrogens is 3. The van der Waals surface area contributed by atoms with Crippen LogP contribution in [0.25, 0.3) is 16.8 Å². The molecule has 0 unspecified atom stereocenters. The van der Waals surface area contributed by atoms with E-state index < -0.39 is 10.7 Å². The van der Waals surface area contributed by atoms with Crippen LogP contribution in [0.4, 0.5) is 11.5 Å². The van der Waals surface area contributed by atoms with Crippen LogP contribution in [0.2, 0.25) is 0 Å². The summed E-state index contributed by atoms with van der Waals surface area (Å²) >= 11 is 0. The van der Waals surface area contributed by atoms with Gasteiger partial charge in [0.15, 0.2) is 11.4 Å². The van der Waals surface area contributed by atoms with E-state index in [2.05, 4.69) is 10.4 Å². The quantitative estimate of drug-likeness (QED) is 0.371. The summed E-state index contributed by atoms with van der Waals surface area (Å²) < 4.78 is 8.09. The third-order valence-electron chi connectivity index (χ3n) is 4.53. The van der Waals surface area contributed by atoms with Gasteiger partial charge in [-0.1, -0.05) is 18.2 Å². The van der Waals surface area contributed by atoms with Crippen LogP contribution < -0.4 is 11.1 Å². The molecule has 0 saturated heterocycles. The number of nitro groups is 1. The number of amides is 1. The van der Waals surface area contributed by atoms with Crippen LogP contribution in [0.15, 0.2) is 70.0 Å². The number of nitrogens with zero attached hydrogens (tertiary/aromatic N) is 4. The lowest BCUT2D eigenvalue weighted by molar-refractivity contribution is -0.384. The van der Waals surface area contributed by atoms with Gasteiger partial charge in [0.2, 0.25) is 5.91 Å². The second kappa shape index (κ2) is 8.03. The average molecular weight is 407 g/mol. The van der Waals surface area contributed by atoms with E-state index >= 15 is 0 Å². The van der Waals surface area contributed by atoms with Crippen LogP contribution in [0.3, 0.4) is 0 Å². The topological polar surface area (TPSA) is 125 Å². The highest BCUT2D eigenvalue weighted by molar-refractivity contribution is 5.89. The first-order valence-electron chi connectivity index (χ1n) is 9.20. The molecule has 4 rings (SSSR count). The van der Waals surface area contributed by atoms with E-state index in [4.69, 9.17) is 4.42 Å². The van der Waals surface area contributed by atoms with Gasteiger partial charge in [-0.2, -0.15) is 5.10 Å². The third-order valence-corrected chi connectivity index (χ3v) is 4.53. The number of carbonyl (C=O) groups excluding carboxylic acids is 1. The van der Waals surface area contributed by atoms with Crippen molar-refractivity contribution in [2.45, 2.75) is 19.4 Å². The van der Waals surface area contributed by atoms with E-state index in [1.54, 1.807) is 16.9 Å². The summed E-state index contributed by atoms with van der Waals surface area (Å²) in [6.07, 6.45) is 2.31. The van der Waals surface area contributed by atoms with Crippen molar-refractivity contribution < 1.29 is 14.1 Å². The fourth-order valence-electron chi connectivity index (χ4n) is 3.10. The van der Waals surface area contributed by atoms with Gasteiger partial charge in [0.05, 0.1) is 22.2 Å². The highest BCUT2D eigenvalue weighted by Crippen LogP contribution is 2.20. The summed E-state index contributed by atoms with van der Waals surface area (Å²) in [4.78, 5) is 34.5. The number of hydrogen-bond acceptors (Lipinski definition) is 6. The van der Waals surface area contributed by atoms with Crippen LogP contribution in [0, 0.1) is 10.1 Å². The van der Waals surface area contributed by atoms with E-state index in [-0.39, 0.29) is 30.1 Å². The number of hydrogen-bond donors (Lipinski definition) is 1. The zero-order valence-corrected chi connectivity index (χ0v) is 15.7. The van der Waals surface area contributed by atoms with Crippen molar-refractivity contribution >= 4 is 28.5 Å². The predicted octanol–water partition coefficient (Wildman–Crippen LogP) is 3.11. The molecule has 0 aliphatic heterocycles. The molecule has 1 N–H and O–H groups in total. The van der Waals surface area contributed by atoms with E-state index in [9.17, 15) is 19.7 Å². The van der Waals surface area contributed by atoms with Crippen molar-refractivity contribution in [1.82, 2.24) is 14.3 Å². The maximum absolute atomic E-state index is 12.2. The highest BCUT2D eigenvalue weighted by Gasteiger charge is 2.14. The molecule has 2 aromatic carbocycles. The number of aryl methyl sites for hydroxylation is 1. The summed E-state index contributed by atoms with van der Waals surface area (Å²) in [5.74, 6) is -0.417. The molecule has 1 amide bonds. The second-order valence-electron chi connectivity index (χ2n) is 6.56. The van der Waals surface area contributed by atoms with Crippen LogP contribution in [-0.2, 0) is 11.3 Å². The van der Waals surface area contributed by atoms with Gasteiger partial charge >= 0.3 is 5.76 Å². The van der Waals surface area contributed by atoms with Gasteiger partial charge in [-0.3, -0.25) is 19.5 Å². The van der Waals surface area contributed by atoms with Crippen molar-refractivity contribution in [3.8, 4) is 5.69 Å². The Morgan fingerprint density at radius 1 is 1.17 bits per heavy atom. The van der Waals surface area contributed by atoms with Crippen molar-refractivity contribution in [3.63, 3.8) is 0 Å². The summed E-state index contributed by atoms with van der Waals surface area (Å²) in [6.45, 7) is 0.246. The van der Waals surface area contributed by atoms with Crippen LogP contribution in [0.1, 0.15) is 12.8 Å². The molecule has 0 saturated carbocycles. The second-order valence-corrected chi connectivity index (χ2v) is 6.56. The number of benzene rings is 2. The molecule has 0 fully saturated rings. The first kappa shape index (κ1) is 19.1. The predicted molar refractivity (Wildman–Crippen MR) is 109 cm³/mol. The lowest BCUT2D eigenvalue weighted by atomic mass is 10.2. The summed E-state index contributed by atoms with van der Waals surface area (Å²) in [5, 5.41) is 17.9. The highest BCUT2D eigenvalue weighted by atomic mass is 16.6. The number of carbonyl (C=O) groups is 1. The van der Waals surface area contributed by atoms with Gasteiger partial charge in [0.1, 0.15) is 0 Å². The van der Waals surface area contributed by atoms with Crippen LogP contribution in [-0.4, -0.2) is 25.2 Å². The molecule has 0 atom stereocenters. The molecule has 2 heterocycles. The summed E-state index contributed by atoms with van der Waals surface area (Å²) in [7, 11) is 0. The zero-order valence-electron chi connectivity index (χ0n) is 15.7. The Morgan fingerprint density at radius 2 is 1.97 bits per heavy atom. The maximum atomic E-state index is 12.2. The molecule has 0 aliphatic carbocycles. The Bertz CT molecular complexity index is 1270. The maximum Gasteiger partial charge on any atom is 0.419 e. The summed E-state index contributed by atoms with van der Waals surface area (Å²) in [6, 6.07) is 15.2. The van der Waals surface area contributed by atoms with Crippen LogP contribution >= 0.6 is 0 Å². The van der Waals surface area contributed by atoms with E-state index in [0.717, 1.165) is 5.69 Å². The third kappa shape index (κ3) is 3.97. The fraction of sp³-hybridized carbons (Fsp3) is 0.150. The Kier molecular flexibility index (Phi) is 5.12. The Balaban J connectivity index is 1.36. The first-order valence-corrected chi connectivity index (χ1v) is 9.20. The molecule has 4 aromatic rings. The molecular formula is C20H17N5O5. The molecule has 10 nitrogen and oxygen atoms in total. The number of fused-ring (bicyclic) bond motifs is 1. The van der Waals surface area contributed by atoms with E-state index in [1.807, 2.05) is 30.3 Å². The van der Waals surface area contributed by atoms with Crippen molar-refractivity contribution in [1.29, 1.82) is 0 Å². The van der Waals surface area contributed by atoms with Gasteiger partial charge in [0, 0.05) is 31.3 Å². The van der Waals surface area contributed by atoms with E-state index in [0.29, 0.717) is 17.8 Å². The Morgan fingerprint density at radius 3 is 2.73 bits per heavy atom. The number of para-hydroxylation sites is 1. The Hall–Kier alpha value is -4.21. The lowest BCUT2D eigenvalue weighted by Crippen LogP contribution is -2.17. The van der Waals surface area contributed by atoms with Crippen molar-refractivity contribution in [3.05, 3.63) is 81.5 Å². The standard InChI is InChI=1S/C20H17N5O5/c26-19(21-18-10-12-24(22-18)14-5-2-1-3-6-14)7-4-11-23-16-9-8-15(25(28)29)13-17(16)30-20(23)27/h1-3,5-6,8-10,12-13H,4,7,11H2,(H,21,22,26). The average Bonchev–Trinajstić information content (AvgIpc) is 3.32. The van der Waals surface area contributed by atoms with Crippen molar-refractivity contribution in [2.24, 2.45) is 0 Å².